The van der Waals surface area contributed by atoms with Gasteiger partial charge in [-0.1, -0.05) is 6.92 Å². The molecule has 0 saturated heterocycles. The Hall–Kier alpha value is -0.900. The highest BCUT2D eigenvalue weighted by Gasteiger charge is 2.26. The Morgan fingerprint density at radius 1 is 1.35 bits per heavy atom. The van der Waals surface area contributed by atoms with Crippen LogP contribution in [0.3, 0.4) is 0 Å². The smallest absolute Gasteiger partial charge is 0.149 e. The van der Waals surface area contributed by atoms with Crippen LogP contribution in [-0.4, -0.2) is 20.8 Å². The van der Waals surface area contributed by atoms with Crippen molar-refractivity contribution < 1.29 is 0 Å². The molecule has 0 spiro atoms. The van der Waals surface area contributed by atoms with Gasteiger partial charge in [0, 0.05) is 19.0 Å². The highest BCUT2D eigenvalue weighted by molar-refractivity contribution is 5.04. The summed E-state index contributed by atoms with van der Waals surface area (Å²) in [6.07, 6.45) is 6.31. The van der Waals surface area contributed by atoms with E-state index in [9.17, 15) is 0 Å². The molecule has 3 rings (SSSR count). The summed E-state index contributed by atoms with van der Waals surface area (Å²) in [6, 6.07) is 1.01. The van der Waals surface area contributed by atoms with Crippen LogP contribution >= 0.6 is 0 Å². The van der Waals surface area contributed by atoms with E-state index in [0.717, 1.165) is 24.7 Å². The Kier molecular flexibility index (Phi) is 2.90. The van der Waals surface area contributed by atoms with Crippen LogP contribution < -0.4 is 5.32 Å². The molecule has 1 aromatic heterocycles. The number of hydrogen-bond acceptors (Lipinski definition) is 3. The minimum Gasteiger partial charge on any atom is -0.314 e. The first-order valence-electron chi connectivity index (χ1n) is 6.92. The zero-order valence-electron chi connectivity index (χ0n) is 10.8. The Balaban J connectivity index is 1.67. The van der Waals surface area contributed by atoms with Crippen molar-refractivity contribution in [1.82, 2.24) is 20.1 Å². The normalized spacial score (nSPS) is 29.5. The van der Waals surface area contributed by atoms with Gasteiger partial charge in [0.25, 0.3) is 0 Å². The second-order valence-electron chi connectivity index (χ2n) is 5.73. The minimum absolute atomic E-state index is 0.338. The van der Waals surface area contributed by atoms with Crippen LogP contribution in [0.15, 0.2) is 0 Å². The van der Waals surface area contributed by atoms with Gasteiger partial charge in [0.05, 0.1) is 6.04 Å². The molecule has 1 saturated carbocycles. The molecule has 2 aliphatic rings. The maximum atomic E-state index is 4.35. The lowest BCUT2D eigenvalue weighted by atomic mass is 10.1. The Morgan fingerprint density at radius 2 is 2.24 bits per heavy atom. The number of nitrogens with one attached hydrogen (secondary N) is 1. The van der Waals surface area contributed by atoms with E-state index in [1.165, 1.54) is 31.5 Å². The minimum atomic E-state index is 0.338. The van der Waals surface area contributed by atoms with Gasteiger partial charge >= 0.3 is 0 Å². The van der Waals surface area contributed by atoms with Crippen LogP contribution in [-0.2, 0) is 13.0 Å². The van der Waals surface area contributed by atoms with E-state index >= 15 is 0 Å². The van der Waals surface area contributed by atoms with Gasteiger partial charge in [-0.3, -0.25) is 0 Å². The van der Waals surface area contributed by atoms with Gasteiger partial charge in [0.15, 0.2) is 0 Å². The van der Waals surface area contributed by atoms with Crippen molar-refractivity contribution in [2.75, 3.05) is 0 Å². The van der Waals surface area contributed by atoms with Crippen molar-refractivity contribution in [3.05, 3.63) is 11.6 Å². The topological polar surface area (TPSA) is 42.7 Å². The molecule has 0 bridgehead atoms. The van der Waals surface area contributed by atoms with Gasteiger partial charge < -0.3 is 9.88 Å². The fourth-order valence-electron chi connectivity index (χ4n) is 3.28. The van der Waals surface area contributed by atoms with Gasteiger partial charge in [-0.15, -0.1) is 10.2 Å². The molecule has 0 aromatic carbocycles. The van der Waals surface area contributed by atoms with Gasteiger partial charge in [-0.05, 0) is 38.5 Å². The summed E-state index contributed by atoms with van der Waals surface area (Å²) in [5, 5.41) is 12.3. The lowest BCUT2D eigenvalue weighted by Crippen LogP contribution is -2.31. The highest BCUT2D eigenvalue weighted by Crippen LogP contribution is 2.27. The molecule has 1 aliphatic heterocycles. The second-order valence-corrected chi connectivity index (χ2v) is 5.73. The molecule has 2 heterocycles. The van der Waals surface area contributed by atoms with Crippen LogP contribution in [0.1, 0.15) is 57.2 Å². The SMILES string of the molecule is CC1CCC(NC(C)c2nnc3n2CCC3)C1. The summed E-state index contributed by atoms with van der Waals surface area (Å²) in [6.45, 7) is 5.67. The van der Waals surface area contributed by atoms with E-state index in [4.69, 9.17) is 0 Å². The van der Waals surface area contributed by atoms with Crippen LogP contribution in [0.5, 0.6) is 0 Å². The molecule has 0 amide bonds. The number of hydrogen-bond donors (Lipinski definition) is 1. The third kappa shape index (κ3) is 2.10. The number of nitrogens with zero attached hydrogens (tertiary/aromatic N) is 3. The van der Waals surface area contributed by atoms with Gasteiger partial charge in [0.2, 0.25) is 0 Å². The van der Waals surface area contributed by atoms with E-state index < -0.39 is 0 Å². The predicted molar refractivity (Wildman–Crippen MR) is 66.7 cm³/mol. The first-order chi connectivity index (χ1) is 8.24. The summed E-state index contributed by atoms with van der Waals surface area (Å²) in [4.78, 5) is 0. The summed E-state index contributed by atoms with van der Waals surface area (Å²) in [7, 11) is 0. The molecule has 3 unspecified atom stereocenters. The first-order valence-corrected chi connectivity index (χ1v) is 6.92. The quantitative estimate of drug-likeness (QED) is 0.870. The van der Waals surface area contributed by atoms with Crippen LogP contribution in [0.2, 0.25) is 0 Å². The number of aryl methyl sites for hydroxylation is 1. The van der Waals surface area contributed by atoms with Crippen LogP contribution in [0, 0.1) is 5.92 Å². The van der Waals surface area contributed by atoms with Crippen molar-refractivity contribution in [2.24, 2.45) is 5.92 Å². The zero-order chi connectivity index (χ0) is 11.8. The summed E-state index contributed by atoms with van der Waals surface area (Å²) in [5.41, 5.74) is 0. The molecule has 3 atom stereocenters. The molecule has 1 N–H and O–H groups in total. The van der Waals surface area contributed by atoms with Gasteiger partial charge in [-0.2, -0.15) is 0 Å². The van der Waals surface area contributed by atoms with E-state index in [2.05, 4.69) is 33.9 Å². The second kappa shape index (κ2) is 4.41. The average Bonchev–Trinajstić information content (AvgIpc) is 2.93. The molecule has 1 aromatic rings. The standard InChI is InChI=1S/C13H22N4/c1-9-5-6-11(8-9)14-10(2)13-16-15-12-4-3-7-17(12)13/h9-11,14H,3-8H2,1-2H3. The van der Waals surface area contributed by atoms with Crippen molar-refractivity contribution >= 4 is 0 Å². The molecule has 4 nitrogen and oxygen atoms in total. The third-order valence-corrected chi connectivity index (χ3v) is 4.21. The first kappa shape index (κ1) is 11.2. The maximum absolute atomic E-state index is 4.35. The number of fused-ring (bicyclic) bond motifs is 1. The van der Waals surface area contributed by atoms with E-state index in [1.807, 2.05) is 0 Å². The number of rotatable bonds is 3. The molecular formula is C13H22N4. The van der Waals surface area contributed by atoms with Crippen molar-refractivity contribution in [1.29, 1.82) is 0 Å². The van der Waals surface area contributed by atoms with E-state index in [1.54, 1.807) is 0 Å². The zero-order valence-corrected chi connectivity index (χ0v) is 10.8. The summed E-state index contributed by atoms with van der Waals surface area (Å²) < 4.78 is 2.30. The van der Waals surface area contributed by atoms with Gasteiger partial charge in [-0.25, -0.2) is 0 Å². The largest absolute Gasteiger partial charge is 0.314 e. The fourth-order valence-corrected chi connectivity index (χ4v) is 3.28. The summed E-state index contributed by atoms with van der Waals surface area (Å²) >= 11 is 0. The van der Waals surface area contributed by atoms with Crippen molar-refractivity contribution in [2.45, 2.75) is 64.6 Å². The lowest BCUT2D eigenvalue weighted by molar-refractivity contribution is 0.426. The van der Waals surface area contributed by atoms with E-state index in [-0.39, 0.29) is 0 Å². The average molecular weight is 234 g/mol. The van der Waals surface area contributed by atoms with E-state index in [0.29, 0.717) is 12.1 Å². The Labute approximate surface area is 103 Å². The fraction of sp³-hybridized carbons (Fsp3) is 0.846. The molecule has 4 heteroatoms. The summed E-state index contributed by atoms with van der Waals surface area (Å²) in [5.74, 6) is 3.19. The Morgan fingerprint density at radius 3 is 3.00 bits per heavy atom. The van der Waals surface area contributed by atoms with Crippen molar-refractivity contribution in [3.63, 3.8) is 0 Å². The van der Waals surface area contributed by atoms with Crippen LogP contribution in [0.25, 0.3) is 0 Å². The lowest BCUT2D eigenvalue weighted by Gasteiger charge is -2.19. The van der Waals surface area contributed by atoms with Crippen molar-refractivity contribution in [3.8, 4) is 0 Å². The van der Waals surface area contributed by atoms with Crippen LogP contribution in [0.4, 0.5) is 0 Å². The third-order valence-electron chi connectivity index (χ3n) is 4.21. The molecule has 0 radical (unpaired) electrons. The maximum Gasteiger partial charge on any atom is 0.149 e. The predicted octanol–water partition coefficient (Wildman–Crippen LogP) is 2.06. The molecule has 1 fully saturated rings. The molecule has 17 heavy (non-hydrogen) atoms. The molecular weight excluding hydrogens is 212 g/mol. The Bertz CT molecular complexity index is 398. The monoisotopic (exact) mass is 234 g/mol. The number of aromatic nitrogens is 3. The highest BCUT2D eigenvalue weighted by atomic mass is 15.3. The molecule has 1 aliphatic carbocycles. The molecule has 94 valence electrons. The van der Waals surface area contributed by atoms with Gasteiger partial charge in [0.1, 0.15) is 11.6 Å².